The van der Waals surface area contributed by atoms with Crippen LogP contribution in [0.3, 0.4) is 0 Å². The quantitative estimate of drug-likeness (QED) is 0.775. The van der Waals surface area contributed by atoms with Gasteiger partial charge in [-0.25, -0.2) is 12.8 Å². The van der Waals surface area contributed by atoms with Gasteiger partial charge in [0.15, 0.2) is 9.84 Å². The molecule has 1 atom stereocenters. The molecule has 1 aromatic carbocycles. The van der Waals surface area contributed by atoms with Crippen molar-refractivity contribution in [1.29, 1.82) is 0 Å². The van der Waals surface area contributed by atoms with Crippen LogP contribution < -0.4 is 10.9 Å². The summed E-state index contributed by atoms with van der Waals surface area (Å²) in [5.74, 6) is -1.43. The number of thiophene rings is 1. The molecular formula is C17H17FN2O4S2. The number of nitrogens with one attached hydrogen (secondary N) is 2. The second-order valence-electron chi connectivity index (χ2n) is 6.12. The molecular weight excluding hydrogens is 379 g/mol. The Morgan fingerprint density at radius 1 is 1.15 bits per heavy atom. The standard InChI is InChI=1S/C17H17FN2O4S2/c18-13-4-2-1-3-12(13)14-5-6-15(25-14)17(22)20-19-16(21)9-11-7-8-26(23,24)10-11/h1-6,11H,7-10H2,(H,19,21)(H,20,22)/t11-/m0/s1. The van der Waals surface area contributed by atoms with Crippen molar-refractivity contribution < 1.29 is 22.4 Å². The largest absolute Gasteiger partial charge is 0.279 e. The van der Waals surface area contributed by atoms with Crippen molar-refractivity contribution in [2.45, 2.75) is 12.8 Å². The van der Waals surface area contributed by atoms with Crippen molar-refractivity contribution in [3.8, 4) is 10.4 Å². The van der Waals surface area contributed by atoms with E-state index in [1.54, 1.807) is 30.3 Å². The van der Waals surface area contributed by atoms with Crippen molar-refractivity contribution >= 4 is 33.0 Å². The van der Waals surface area contributed by atoms with Crippen LogP contribution in [0.15, 0.2) is 36.4 Å². The second-order valence-corrected chi connectivity index (χ2v) is 9.43. The van der Waals surface area contributed by atoms with Gasteiger partial charge in [0.25, 0.3) is 5.91 Å². The summed E-state index contributed by atoms with van der Waals surface area (Å²) in [4.78, 5) is 24.9. The minimum atomic E-state index is -3.04. The van der Waals surface area contributed by atoms with E-state index in [1.807, 2.05) is 0 Å². The van der Waals surface area contributed by atoms with Gasteiger partial charge in [-0.05, 0) is 30.5 Å². The van der Waals surface area contributed by atoms with Crippen molar-refractivity contribution in [3.05, 3.63) is 47.1 Å². The highest BCUT2D eigenvalue weighted by molar-refractivity contribution is 7.91. The maximum Gasteiger partial charge on any atom is 0.279 e. The number of amides is 2. The van der Waals surface area contributed by atoms with Crippen LogP contribution in [0.1, 0.15) is 22.5 Å². The van der Waals surface area contributed by atoms with Gasteiger partial charge in [0.2, 0.25) is 5.91 Å². The SMILES string of the molecule is O=C(C[C@@H]1CCS(=O)(=O)C1)NNC(=O)c1ccc(-c2ccccc2F)s1. The molecule has 2 aromatic rings. The number of carbonyl (C=O) groups excluding carboxylic acids is 2. The Kier molecular flexibility index (Phi) is 5.38. The van der Waals surface area contributed by atoms with Crippen molar-refractivity contribution in [3.63, 3.8) is 0 Å². The van der Waals surface area contributed by atoms with E-state index in [0.717, 1.165) is 11.3 Å². The van der Waals surface area contributed by atoms with Gasteiger partial charge in [-0.2, -0.15) is 0 Å². The van der Waals surface area contributed by atoms with Crippen molar-refractivity contribution in [1.82, 2.24) is 10.9 Å². The van der Waals surface area contributed by atoms with E-state index >= 15 is 0 Å². The molecule has 0 radical (unpaired) electrons. The molecule has 26 heavy (non-hydrogen) atoms. The predicted octanol–water partition coefficient (Wildman–Crippen LogP) is 2.14. The van der Waals surface area contributed by atoms with Crippen LogP contribution in [0, 0.1) is 11.7 Å². The summed E-state index contributed by atoms with van der Waals surface area (Å²) >= 11 is 1.11. The van der Waals surface area contributed by atoms with Gasteiger partial charge in [0.1, 0.15) is 5.82 Å². The topological polar surface area (TPSA) is 92.3 Å². The van der Waals surface area contributed by atoms with Crippen molar-refractivity contribution in [2.75, 3.05) is 11.5 Å². The summed E-state index contributed by atoms with van der Waals surface area (Å²) in [6, 6.07) is 9.46. The third-order valence-corrected chi connectivity index (χ3v) is 7.04. The van der Waals surface area contributed by atoms with Crippen LogP contribution >= 0.6 is 11.3 Å². The van der Waals surface area contributed by atoms with E-state index in [0.29, 0.717) is 21.7 Å². The van der Waals surface area contributed by atoms with E-state index in [2.05, 4.69) is 10.9 Å². The number of hydrogen-bond donors (Lipinski definition) is 2. The normalized spacial score (nSPS) is 18.4. The van der Waals surface area contributed by atoms with Crippen molar-refractivity contribution in [2.24, 2.45) is 5.92 Å². The third kappa shape index (κ3) is 4.47. The first kappa shape index (κ1) is 18.5. The first-order valence-electron chi connectivity index (χ1n) is 7.98. The van der Waals surface area contributed by atoms with Gasteiger partial charge in [-0.1, -0.05) is 18.2 Å². The molecule has 0 saturated carbocycles. The fourth-order valence-electron chi connectivity index (χ4n) is 2.80. The molecule has 2 heterocycles. The van der Waals surface area contributed by atoms with Gasteiger partial charge >= 0.3 is 0 Å². The Morgan fingerprint density at radius 3 is 2.62 bits per heavy atom. The van der Waals surface area contributed by atoms with Crippen LogP contribution in [0.25, 0.3) is 10.4 Å². The molecule has 1 aromatic heterocycles. The number of hydrogen-bond acceptors (Lipinski definition) is 5. The van der Waals surface area contributed by atoms with Gasteiger partial charge in [0, 0.05) is 16.9 Å². The average molecular weight is 396 g/mol. The van der Waals surface area contributed by atoms with Gasteiger partial charge in [-0.3, -0.25) is 20.4 Å². The summed E-state index contributed by atoms with van der Waals surface area (Å²) in [5.41, 5.74) is 5.00. The maximum atomic E-state index is 13.8. The van der Waals surface area contributed by atoms with Crippen LogP contribution in [0.4, 0.5) is 4.39 Å². The molecule has 1 aliphatic rings. The van der Waals surface area contributed by atoms with E-state index in [-0.39, 0.29) is 29.7 Å². The first-order valence-corrected chi connectivity index (χ1v) is 10.6. The lowest BCUT2D eigenvalue weighted by molar-refractivity contribution is -0.122. The van der Waals surface area contributed by atoms with Crippen LogP contribution in [-0.2, 0) is 14.6 Å². The Labute approximate surface area is 154 Å². The fourth-order valence-corrected chi connectivity index (χ4v) is 5.59. The van der Waals surface area contributed by atoms with E-state index < -0.39 is 21.7 Å². The first-order chi connectivity index (χ1) is 12.3. The number of carbonyl (C=O) groups is 2. The number of benzene rings is 1. The number of sulfone groups is 1. The minimum absolute atomic E-state index is 0.00525. The van der Waals surface area contributed by atoms with Gasteiger partial charge in [0.05, 0.1) is 16.4 Å². The zero-order chi connectivity index (χ0) is 18.7. The molecule has 1 saturated heterocycles. The molecule has 6 nitrogen and oxygen atoms in total. The fraction of sp³-hybridized carbons (Fsp3) is 0.294. The molecule has 1 aliphatic heterocycles. The lowest BCUT2D eigenvalue weighted by atomic mass is 10.1. The van der Waals surface area contributed by atoms with Gasteiger partial charge < -0.3 is 0 Å². The average Bonchev–Trinajstić information content (AvgIpc) is 3.20. The summed E-state index contributed by atoms with van der Waals surface area (Å²) in [5, 5.41) is 0. The number of halogens is 1. The Balaban J connectivity index is 1.54. The van der Waals surface area contributed by atoms with E-state index in [1.165, 1.54) is 6.07 Å². The molecule has 0 bridgehead atoms. The van der Waals surface area contributed by atoms with Gasteiger partial charge in [-0.15, -0.1) is 11.3 Å². The highest BCUT2D eigenvalue weighted by Crippen LogP contribution is 2.29. The zero-order valence-corrected chi connectivity index (χ0v) is 15.3. The predicted molar refractivity (Wildman–Crippen MR) is 96.7 cm³/mol. The molecule has 0 unspecified atom stereocenters. The van der Waals surface area contributed by atoms with E-state index in [9.17, 15) is 22.4 Å². The highest BCUT2D eigenvalue weighted by atomic mass is 32.2. The lowest BCUT2D eigenvalue weighted by Crippen LogP contribution is -2.42. The summed E-state index contributed by atoms with van der Waals surface area (Å²) in [7, 11) is -3.04. The Hall–Kier alpha value is -2.26. The molecule has 2 amide bonds. The number of rotatable bonds is 4. The third-order valence-electron chi connectivity index (χ3n) is 4.09. The van der Waals surface area contributed by atoms with Crippen LogP contribution in [-0.4, -0.2) is 31.7 Å². The molecule has 138 valence electrons. The summed E-state index contributed by atoms with van der Waals surface area (Å²) in [6.07, 6.45) is 0.505. The number of hydrazine groups is 1. The smallest absolute Gasteiger partial charge is 0.273 e. The summed E-state index contributed by atoms with van der Waals surface area (Å²) in [6.45, 7) is 0. The molecule has 9 heteroatoms. The molecule has 3 rings (SSSR count). The molecule has 1 fully saturated rings. The monoisotopic (exact) mass is 396 g/mol. The zero-order valence-electron chi connectivity index (χ0n) is 13.7. The van der Waals surface area contributed by atoms with Crippen LogP contribution in [0.2, 0.25) is 0 Å². The maximum absolute atomic E-state index is 13.8. The minimum Gasteiger partial charge on any atom is -0.273 e. The van der Waals surface area contributed by atoms with E-state index in [4.69, 9.17) is 0 Å². The molecule has 0 spiro atoms. The highest BCUT2D eigenvalue weighted by Gasteiger charge is 2.29. The lowest BCUT2D eigenvalue weighted by Gasteiger charge is -2.09. The Morgan fingerprint density at radius 2 is 1.92 bits per heavy atom. The molecule has 2 N–H and O–H groups in total. The Bertz CT molecular complexity index is 940. The molecule has 0 aliphatic carbocycles. The second kappa shape index (κ2) is 7.55. The summed E-state index contributed by atoms with van der Waals surface area (Å²) < 4.78 is 36.6. The van der Waals surface area contributed by atoms with Crippen LogP contribution in [0.5, 0.6) is 0 Å².